The lowest BCUT2D eigenvalue weighted by atomic mass is 9.84. The van der Waals surface area contributed by atoms with Gasteiger partial charge in [0.15, 0.2) is 17.2 Å². The fourth-order valence-electron chi connectivity index (χ4n) is 6.21. The van der Waals surface area contributed by atoms with Crippen molar-refractivity contribution in [3.63, 3.8) is 0 Å². The third-order valence-corrected chi connectivity index (χ3v) is 9.56. The number of piperidine rings is 1. The normalized spacial score (nSPS) is 19.8. The van der Waals surface area contributed by atoms with Crippen LogP contribution in [0.3, 0.4) is 0 Å². The highest BCUT2D eigenvalue weighted by Crippen LogP contribution is 2.44. The molecule has 0 unspecified atom stereocenters. The Balaban J connectivity index is 1.24. The first-order chi connectivity index (χ1) is 21.8. The van der Waals surface area contributed by atoms with Gasteiger partial charge in [-0.3, -0.25) is 9.59 Å². The van der Waals surface area contributed by atoms with Crippen LogP contribution in [0.5, 0.6) is 17.2 Å². The third-order valence-electron chi connectivity index (χ3n) is 8.52. The van der Waals surface area contributed by atoms with E-state index in [-0.39, 0.29) is 62.3 Å². The van der Waals surface area contributed by atoms with Crippen LogP contribution in [0.4, 0.5) is 22.0 Å². The lowest BCUT2D eigenvalue weighted by Crippen LogP contribution is -2.43. The molecule has 1 aliphatic carbocycles. The molecule has 46 heavy (non-hydrogen) atoms. The molecule has 3 heterocycles. The largest absolute Gasteiger partial charge is 0.586 e. The van der Waals surface area contributed by atoms with Gasteiger partial charge in [0.2, 0.25) is 5.91 Å². The van der Waals surface area contributed by atoms with Gasteiger partial charge < -0.3 is 23.5 Å². The first kappa shape index (κ1) is 31.8. The van der Waals surface area contributed by atoms with E-state index in [0.29, 0.717) is 55.8 Å². The van der Waals surface area contributed by atoms with Crippen LogP contribution in [-0.4, -0.2) is 62.8 Å². The summed E-state index contributed by atoms with van der Waals surface area (Å²) in [6.07, 6.45) is -6.72. The summed E-state index contributed by atoms with van der Waals surface area (Å²) in [6.45, 7) is 2.44. The number of rotatable bonds is 7. The average molecular weight is 664 g/mol. The van der Waals surface area contributed by atoms with Crippen LogP contribution in [0.15, 0.2) is 42.5 Å². The SMILES string of the molecule is COC(=O)C1CCN(C(=O)[C@@H]2CCCc3c(C(F)(F)F)nn(-c4cccc(O[Si][C@@H](C)c5ccc6c(c5)OC(F)(F)O6)c4)c32)CC1. The number of hydrogen-bond acceptors (Lipinski definition) is 7. The van der Waals surface area contributed by atoms with Crippen molar-refractivity contribution in [1.82, 2.24) is 14.7 Å². The maximum absolute atomic E-state index is 14.2. The number of aromatic nitrogens is 2. The number of methoxy groups -OCH3 is 1. The molecule has 0 saturated carbocycles. The second kappa shape index (κ2) is 12.2. The fraction of sp³-hybridized carbons (Fsp3) is 0.452. The summed E-state index contributed by atoms with van der Waals surface area (Å²) in [5.41, 5.74) is -0.0647. The standard InChI is InChI=1S/C31H30F5N3O6Si/c1-17(19-9-10-24-25(15-19)44-31(35,36)43-24)46-45-21-6-3-5-20(16-21)39-26-22(27(37-39)30(32,33)34)7-4-8-23(26)28(40)38-13-11-18(12-14-38)29(41)42-2/h3,5-6,9-10,15-18,23H,4,7-8,11-14H2,1-2H3/t17-,23+/m0/s1. The second-order valence-electron chi connectivity index (χ2n) is 11.5. The molecule has 3 aliphatic rings. The molecule has 2 aliphatic heterocycles. The van der Waals surface area contributed by atoms with Gasteiger partial charge in [-0.1, -0.05) is 19.1 Å². The maximum atomic E-state index is 14.2. The van der Waals surface area contributed by atoms with Crippen molar-refractivity contribution in [3.05, 3.63) is 65.0 Å². The number of carbonyl (C=O) groups excluding carboxylic acids is 2. The Bertz CT molecular complexity index is 1640. The number of likely N-dealkylation sites (tertiary alicyclic amines) is 1. The van der Waals surface area contributed by atoms with Crippen molar-refractivity contribution in [2.24, 2.45) is 5.92 Å². The van der Waals surface area contributed by atoms with Crippen molar-refractivity contribution in [2.75, 3.05) is 20.2 Å². The Morgan fingerprint density at radius 3 is 2.52 bits per heavy atom. The minimum Gasteiger partial charge on any atom is -0.540 e. The van der Waals surface area contributed by atoms with Gasteiger partial charge in [-0.25, -0.2) is 4.68 Å². The summed E-state index contributed by atoms with van der Waals surface area (Å²) >= 11 is 0. The smallest absolute Gasteiger partial charge is 0.540 e. The summed E-state index contributed by atoms with van der Waals surface area (Å²) in [4.78, 5) is 27.4. The molecular formula is C31H30F5N3O6Si. The van der Waals surface area contributed by atoms with Gasteiger partial charge in [-0.15, -0.1) is 8.78 Å². The van der Waals surface area contributed by atoms with Gasteiger partial charge in [-0.2, -0.15) is 18.3 Å². The second-order valence-corrected chi connectivity index (χ2v) is 12.8. The lowest BCUT2D eigenvalue weighted by molar-refractivity contribution is -0.286. The number of halogens is 5. The highest BCUT2D eigenvalue weighted by Gasteiger charge is 2.45. The molecule has 1 fully saturated rings. The van der Waals surface area contributed by atoms with E-state index in [2.05, 4.69) is 14.6 Å². The first-order valence-corrected chi connectivity index (χ1v) is 15.8. The molecule has 9 nitrogen and oxygen atoms in total. The zero-order chi connectivity index (χ0) is 32.8. The number of alkyl halides is 5. The molecule has 2 aromatic carbocycles. The zero-order valence-corrected chi connectivity index (χ0v) is 25.9. The summed E-state index contributed by atoms with van der Waals surface area (Å²) in [6, 6.07) is 10.9. The third kappa shape index (κ3) is 6.28. The number of benzene rings is 2. The Kier molecular flexibility index (Phi) is 8.46. The molecule has 1 amide bonds. The van der Waals surface area contributed by atoms with Gasteiger partial charge >= 0.3 is 28.2 Å². The van der Waals surface area contributed by atoms with E-state index in [9.17, 15) is 31.5 Å². The van der Waals surface area contributed by atoms with Gasteiger partial charge in [-0.05, 0) is 61.9 Å². The minimum absolute atomic E-state index is 0.0109. The first-order valence-electron chi connectivity index (χ1n) is 14.8. The number of amides is 1. The quantitative estimate of drug-likeness (QED) is 0.179. The van der Waals surface area contributed by atoms with Crippen molar-refractivity contribution < 1.29 is 50.2 Å². The van der Waals surface area contributed by atoms with Crippen LogP contribution in [0, 0.1) is 5.92 Å². The van der Waals surface area contributed by atoms with Crippen LogP contribution in [0.25, 0.3) is 5.69 Å². The zero-order valence-electron chi connectivity index (χ0n) is 24.9. The van der Waals surface area contributed by atoms with Gasteiger partial charge in [0, 0.05) is 30.3 Å². The molecule has 244 valence electrons. The maximum Gasteiger partial charge on any atom is 0.586 e. The molecule has 1 aromatic heterocycles. The molecule has 3 aromatic rings. The van der Waals surface area contributed by atoms with E-state index in [1.165, 1.54) is 23.9 Å². The van der Waals surface area contributed by atoms with Crippen LogP contribution in [0.1, 0.15) is 66.6 Å². The van der Waals surface area contributed by atoms with Crippen LogP contribution >= 0.6 is 0 Å². The van der Waals surface area contributed by atoms with Gasteiger partial charge in [0.25, 0.3) is 0 Å². The average Bonchev–Trinajstić information content (AvgIpc) is 3.59. The van der Waals surface area contributed by atoms with Crippen LogP contribution < -0.4 is 13.9 Å². The Morgan fingerprint density at radius 1 is 1.07 bits per heavy atom. The molecule has 15 heteroatoms. The van der Waals surface area contributed by atoms with Crippen LogP contribution in [-0.2, 0) is 26.9 Å². The minimum atomic E-state index is -4.72. The molecule has 2 radical (unpaired) electrons. The molecule has 1 saturated heterocycles. The van der Waals surface area contributed by atoms with E-state index in [0.717, 1.165) is 0 Å². The predicted octanol–water partition coefficient (Wildman–Crippen LogP) is 5.80. The summed E-state index contributed by atoms with van der Waals surface area (Å²) < 4.78 is 90.5. The molecule has 0 N–H and O–H groups in total. The lowest BCUT2D eigenvalue weighted by Gasteiger charge is -2.34. The predicted molar refractivity (Wildman–Crippen MR) is 153 cm³/mol. The van der Waals surface area contributed by atoms with E-state index in [1.54, 1.807) is 35.2 Å². The van der Waals surface area contributed by atoms with Crippen molar-refractivity contribution in [3.8, 4) is 22.9 Å². The number of fused-ring (bicyclic) bond motifs is 2. The fourth-order valence-corrected chi connectivity index (χ4v) is 6.97. The number of nitrogens with zero attached hydrogens (tertiary/aromatic N) is 3. The van der Waals surface area contributed by atoms with Gasteiger partial charge in [0.05, 0.1) is 30.3 Å². The Hall–Kier alpha value is -4.14. The molecule has 2 atom stereocenters. The Morgan fingerprint density at radius 2 is 1.80 bits per heavy atom. The molecular weight excluding hydrogens is 633 g/mol. The van der Waals surface area contributed by atoms with Crippen molar-refractivity contribution >= 4 is 21.6 Å². The summed E-state index contributed by atoms with van der Waals surface area (Å²) in [7, 11) is 1.14. The van der Waals surface area contributed by atoms with E-state index < -0.39 is 24.1 Å². The summed E-state index contributed by atoms with van der Waals surface area (Å²) in [5, 5.41) is 4.01. The number of carbonyl (C=O) groups is 2. The summed E-state index contributed by atoms with van der Waals surface area (Å²) in [5.74, 6) is -1.58. The monoisotopic (exact) mass is 663 g/mol. The molecule has 0 spiro atoms. The molecule has 0 bridgehead atoms. The number of hydrogen-bond donors (Lipinski definition) is 0. The van der Waals surface area contributed by atoms with Crippen molar-refractivity contribution in [1.29, 1.82) is 0 Å². The van der Waals surface area contributed by atoms with Gasteiger partial charge in [0.1, 0.15) is 5.75 Å². The topological polar surface area (TPSA) is 92.1 Å². The Labute approximate surface area is 263 Å². The van der Waals surface area contributed by atoms with E-state index >= 15 is 0 Å². The van der Waals surface area contributed by atoms with E-state index in [1.807, 2.05) is 6.92 Å². The number of ether oxygens (including phenoxy) is 3. The highest BCUT2D eigenvalue weighted by atomic mass is 28.2. The van der Waals surface area contributed by atoms with Crippen molar-refractivity contribution in [2.45, 2.75) is 63.0 Å². The van der Waals surface area contributed by atoms with Crippen LogP contribution in [0.2, 0.25) is 0 Å². The number of esters is 1. The van der Waals surface area contributed by atoms with E-state index in [4.69, 9.17) is 9.16 Å². The highest BCUT2D eigenvalue weighted by molar-refractivity contribution is 6.30. The molecule has 6 rings (SSSR count).